The van der Waals surface area contributed by atoms with Crippen molar-refractivity contribution in [1.29, 1.82) is 0 Å². The number of aromatic nitrogens is 1. The van der Waals surface area contributed by atoms with Gasteiger partial charge in [0.2, 0.25) is 0 Å². The standard InChI is InChI=1S/C13H16ClNO2S/c1-18(17)6-2-5-15-12(9-16)8-10-7-11(14)3-4-13(10)15/h3-4,7-8,16H,2,5-6,9H2,1H3/t18-/m0/s1. The Balaban J connectivity index is 2.31. The van der Waals surface area contributed by atoms with Crippen molar-refractivity contribution in [2.75, 3.05) is 12.0 Å². The minimum atomic E-state index is -0.770. The molecule has 3 nitrogen and oxygen atoms in total. The van der Waals surface area contributed by atoms with Gasteiger partial charge in [0.25, 0.3) is 0 Å². The highest BCUT2D eigenvalue weighted by molar-refractivity contribution is 7.84. The van der Waals surface area contributed by atoms with Crippen LogP contribution in [0.25, 0.3) is 10.9 Å². The molecule has 5 heteroatoms. The van der Waals surface area contributed by atoms with Gasteiger partial charge in [0, 0.05) is 51.0 Å². The Morgan fingerprint density at radius 1 is 1.39 bits per heavy atom. The minimum Gasteiger partial charge on any atom is -0.390 e. The molecule has 1 heterocycles. The van der Waals surface area contributed by atoms with Crippen molar-refractivity contribution >= 4 is 33.3 Å². The Hall–Kier alpha value is -0.840. The van der Waals surface area contributed by atoms with E-state index in [1.165, 1.54) is 0 Å². The van der Waals surface area contributed by atoms with Crippen molar-refractivity contribution in [3.8, 4) is 0 Å². The monoisotopic (exact) mass is 285 g/mol. The summed E-state index contributed by atoms with van der Waals surface area (Å²) in [5.41, 5.74) is 1.93. The fraction of sp³-hybridized carbons (Fsp3) is 0.385. The molecule has 1 atom stereocenters. The second-order valence-electron chi connectivity index (χ2n) is 4.28. The zero-order valence-electron chi connectivity index (χ0n) is 10.2. The van der Waals surface area contributed by atoms with Gasteiger partial charge < -0.3 is 9.67 Å². The number of fused-ring (bicyclic) bond motifs is 1. The van der Waals surface area contributed by atoms with Gasteiger partial charge in [-0.05, 0) is 30.7 Å². The van der Waals surface area contributed by atoms with Gasteiger partial charge >= 0.3 is 0 Å². The molecular formula is C13H16ClNO2S. The molecule has 18 heavy (non-hydrogen) atoms. The summed E-state index contributed by atoms with van der Waals surface area (Å²) < 4.78 is 13.1. The lowest BCUT2D eigenvalue weighted by molar-refractivity contribution is 0.271. The molecule has 0 spiro atoms. The summed E-state index contributed by atoms with van der Waals surface area (Å²) in [7, 11) is -0.770. The lowest BCUT2D eigenvalue weighted by Gasteiger charge is -2.08. The molecular weight excluding hydrogens is 270 g/mol. The molecule has 1 aromatic heterocycles. The third-order valence-electron chi connectivity index (χ3n) is 2.92. The lowest BCUT2D eigenvalue weighted by Crippen LogP contribution is -2.06. The Morgan fingerprint density at radius 3 is 2.83 bits per heavy atom. The number of nitrogens with zero attached hydrogens (tertiary/aromatic N) is 1. The van der Waals surface area contributed by atoms with Gasteiger partial charge in [-0.25, -0.2) is 0 Å². The Kier molecular flexibility index (Phi) is 4.43. The first-order chi connectivity index (χ1) is 8.61. The van der Waals surface area contributed by atoms with E-state index in [9.17, 15) is 9.32 Å². The summed E-state index contributed by atoms with van der Waals surface area (Å²) in [5, 5.41) is 11.1. The van der Waals surface area contributed by atoms with E-state index in [1.807, 2.05) is 24.3 Å². The first kappa shape index (κ1) is 13.6. The van der Waals surface area contributed by atoms with Gasteiger partial charge in [-0.15, -0.1) is 0 Å². The van der Waals surface area contributed by atoms with Gasteiger partial charge in [-0.2, -0.15) is 0 Å². The third-order valence-corrected chi connectivity index (χ3v) is 4.02. The van der Waals surface area contributed by atoms with Crippen LogP contribution in [0.1, 0.15) is 12.1 Å². The van der Waals surface area contributed by atoms with Crippen LogP contribution >= 0.6 is 11.6 Å². The van der Waals surface area contributed by atoms with E-state index in [4.69, 9.17) is 11.6 Å². The van der Waals surface area contributed by atoms with Crippen LogP contribution < -0.4 is 0 Å². The maximum Gasteiger partial charge on any atom is 0.0833 e. The molecule has 2 aromatic rings. The zero-order valence-corrected chi connectivity index (χ0v) is 11.8. The fourth-order valence-electron chi connectivity index (χ4n) is 2.12. The molecule has 0 unspecified atom stereocenters. The van der Waals surface area contributed by atoms with Crippen molar-refractivity contribution < 1.29 is 9.32 Å². The molecule has 1 aromatic carbocycles. The normalized spacial score (nSPS) is 13.1. The quantitative estimate of drug-likeness (QED) is 0.917. The van der Waals surface area contributed by atoms with Crippen molar-refractivity contribution in [1.82, 2.24) is 4.57 Å². The van der Waals surface area contributed by atoms with Crippen molar-refractivity contribution in [3.63, 3.8) is 0 Å². The average Bonchev–Trinajstić information content (AvgIpc) is 2.66. The van der Waals surface area contributed by atoms with E-state index < -0.39 is 10.8 Å². The molecule has 2 rings (SSSR count). The van der Waals surface area contributed by atoms with E-state index >= 15 is 0 Å². The second-order valence-corrected chi connectivity index (χ2v) is 6.27. The molecule has 0 saturated carbocycles. The maximum absolute atomic E-state index is 11.1. The van der Waals surface area contributed by atoms with Crippen molar-refractivity contribution in [2.45, 2.75) is 19.6 Å². The van der Waals surface area contributed by atoms with Crippen LogP contribution in [0.5, 0.6) is 0 Å². The number of halogens is 1. The number of aliphatic hydroxyl groups is 1. The van der Waals surface area contributed by atoms with Crippen LogP contribution in [0.2, 0.25) is 5.02 Å². The Labute approximate surface area is 114 Å². The van der Waals surface area contributed by atoms with E-state index in [-0.39, 0.29) is 6.61 Å². The first-order valence-electron chi connectivity index (χ1n) is 5.80. The van der Waals surface area contributed by atoms with E-state index in [1.54, 1.807) is 6.26 Å². The summed E-state index contributed by atoms with van der Waals surface area (Å²) in [6.45, 7) is 0.766. The molecule has 0 radical (unpaired) electrons. The summed E-state index contributed by atoms with van der Waals surface area (Å²) >= 11 is 5.96. The van der Waals surface area contributed by atoms with Gasteiger partial charge in [-0.3, -0.25) is 4.21 Å². The summed E-state index contributed by atoms with van der Waals surface area (Å²) in [6.07, 6.45) is 2.54. The van der Waals surface area contributed by atoms with Crippen LogP contribution in [0, 0.1) is 0 Å². The molecule has 98 valence electrons. The predicted octanol–water partition coefficient (Wildman–Crippen LogP) is 2.56. The van der Waals surface area contributed by atoms with Crippen LogP contribution in [0.15, 0.2) is 24.3 Å². The third kappa shape index (κ3) is 2.94. The van der Waals surface area contributed by atoms with Gasteiger partial charge in [-0.1, -0.05) is 11.6 Å². The zero-order chi connectivity index (χ0) is 13.1. The first-order valence-corrected chi connectivity index (χ1v) is 7.91. The largest absolute Gasteiger partial charge is 0.390 e. The van der Waals surface area contributed by atoms with E-state index in [0.717, 1.165) is 29.6 Å². The van der Waals surface area contributed by atoms with E-state index in [0.29, 0.717) is 10.8 Å². The molecule has 0 aliphatic rings. The summed E-state index contributed by atoms with van der Waals surface area (Å²) in [6, 6.07) is 7.65. The molecule has 0 bridgehead atoms. The molecule has 0 amide bonds. The number of rotatable bonds is 5. The Morgan fingerprint density at radius 2 is 2.17 bits per heavy atom. The molecule has 1 N–H and O–H groups in total. The number of benzene rings is 1. The molecule has 0 aliphatic heterocycles. The SMILES string of the molecule is C[S@](=O)CCCn1c(CO)cc2cc(Cl)ccc21. The van der Waals surface area contributed by atoms with Crippen LogP contribution in [-0.4, -0.2) is 25.9 Å². The van der Waals surface area contributed by atoms with Gasteiger partial charge in [0.15, 0.2) is 0 Å². The molecule has 0 fully saturated rings. The number of hydrogen-bond acceptors (Lipinski definition) is 2. The number of aryl methyl sites for hydroxylation is 1. The van der Waals surface area contributed by atoms with Crippen molar-refractivity contribution in [2.24, 2.45) is 0 Å². The van der Waals surface area contributed by atoms with Crippen LogP contribution in [-0.2, 0) is 24.0 Å². The maximum atomic E-state index is 11.1. The smallest absolute Gasteiger partial charge is 0.0833 e. The van der Waals surface area contributed by atoms with Gasteiger partial charge in [0.05, 0.1) is 6.61 Å². The molecule has 0 saturated heterocycles. The van der Waals surface area contributed by atoms with Crippen LogP contribution in [0.3, 0.4) is 0 Å². The predicted molar refractivity (Wildman–Crippen MR) is 76.4 cm³/mol. The highest BCUT2D eigenvalue weighted by atomic mass is 35.5. The molecule has 0 aliphatic carbocycles. The van der Waals surface area contributed by atoms with Gasteiger partial charge in [0.1, 0.15) is 0 Å². The van der Waals surface area contributed by atoms with Crippen LogP contribution in [0.4, 0.5) is 0 Å². The number of hydrogen-bond donors (Lipinski definition) is 1. The lowest BCUT2D eigenvalue weighted by atomic mass is 10.2. The highest BCUT2D eigenvalue weighted by Crippen LogP contribution is 2.24. The number of aliphatic hydroxyl groups excluding tert-OH is 1. The summed E-state index contributed by atoms with van der Waals surface area (Å²) in [4.78, 5) is 0. The Bertz CT molecular complexity index is 580. The average molecular weight is 286 g/mol. The topological polar surface area (TPSA) is 42.2 Å². The summed E-state index contributed by atoms with van der Waals surface area (Å²) in [5.74, 6) is 0.679. The highest BCUT2D eigenvalue weighted by Gasteiger charge is 2.08. The van der Waals surface area contributed by atoms with Crippen molar-refractivity contribution in [3.05, 3.63) is 35.0 Å². The van der Waals surface area contributed by atoms with E-state index in [2.05, 4.69) is 4.57 Å². The fourth-order valence-corrected chi connectivity index (χ4v) is 2.84. The minimum absolute atomic E-state index is 0.00150. The second kappa shape index (κ2) is 5.87.